The molecule has 1 aliphatic heterocycles. The molecule has 1 amide bonds. The van der Waals surface area contributed by atoms with E-state index in [1.807, 2.05) is 11.9 Å². The third-order valence-corrected chi connectivity index (χ3v) is 3.16. The average molecular weight is 253 g/mol. The largest absolute Gasteiger partial charge is 0.401 e. The standard InChI is InChI=1S/C10H18F3N3O/c1-16-5-2-3-9(4-6-16,8(14)17)15-7-10(11,12)13/h15H,2-7H2,1H3,(H2,14,17). The molecule has 1 heterocycles. The zero-order chi connectivity index (χ0) is 13.1. The lowest BCUT2D eigenvalue weighted by Gasteiger charge is -2.31. The molecule has 7 heteroatoms. The maximum Gasteiger partial charge on any atom is 0.401 e. The first-order chi connectivity index (χ1) is 7.75. The number of halogens is 3. The van der Waals surface area contributed by atoms with Crippen LogP contribution in [0.2, 0.25) is 0 Å². The highest BCUT2D eigenvalue weighted by atomic mass is 19.4. The molecule has 4 nitrogen and oxygen atoms in total. The van der Waals surface area contributed by atoms with E-state index in [1.165, 1.54) is 0 Å². The topological polar surface area (TPSA) is 58.4 Å². The molecule has 1 atom stereocenters. The fourth-order valence-corrected chi connectivity index (χ4v) is 2.05. The van der Waals surface area contributed by atoms with Gasteiger partial charge in [0, 0.05) is 6.54 Å². The summed E-state index contributed by atoms with van der Waals surface area (Å²) in [5.74, 6) is -0.697. The van der Waals surface area contributed by atoms with Gasteiger partial charge in [0.1, 0.15) is 0 Å². The third kappa shape index (κ3) is 4.16. The van der Waals surface area contributed by atoms with Crippen molar-refractivity contribution in [2.24, 2.45) is 5.73 Å². The van der Waals surface area contributed by atoms with Crippen LogP contribution in [-0.2, 0) is 4.79 Å². The Labute approximate surface area is 98.3 Å². The van der Waals surface area contributed by atoms with Crippen LogP contribution in [0.25, 0.3) is 0 Å². The molecule has 3 N–H and O–H groups in total. The predicted molar refractivity (Wildman–Crippen MR) is 57.3 cm³/mol. The lowest BCUT2D eigenvalue weighted by atomic mass is 9.89. The van der Waals surface area contributed by atoms with Crippen molar-refractivity contribution in [2.45, 2.75) is 31.0 Å². The molecular weight excluding hydrogens is 235 g/mol. The van der Waals surface area contributed by atoms with E-state index in [1.54, 1.807) is 0 Å². The molecule has 1 saturated heterocycles. The summed E-state index contributed by atoms with van der Waals surface area (Å²) in [4.78, 5) is 13.4. The minimum Gasteiger partial charge on any atom is -0.368 e. The molecule has 0 aliphatic carbocycles. The highest BCUT2D eigenvalue weighted by Crippen LogP contribution is 2.23. The maximum atomic E-state index is 12.2. The van der Waals surface area contributed by atoms with Crippen LogP contribution < -0.4 is 11.1 Å². The molecule has 17 heavy (non-hydrogen) atoms. The molecule has 0 aromatic carbocycles. The first-order valence-electron chi connectivity index (χ1n) is 5.55. The summed E-state index contributed by atoms with van der Waals surface area (Å²) in [5, 5.41) is 2.31. The maximum absolute atomic E-state index is 12.2. The number of nitrogens with one attached hydrogen (secondary N) is 1. The van der Waals surface area contributed by atoms with Crippen molar-refractivity contribution in [1.82, 2.24) is 10.2 Å². The molecule has 0 aromatic rings. The molecule has 0 bridgehead atoms. The van der Waals surface area contributed by atoms with Crippen LogP contribution in [0.15, 0.2) is 0 Å². The van der Waals surface area contributed by atoms with Crippen LogP contribution in [0, 0.1) is 0 Å². The molecule has 1 rings (SSSR count). The Hall–Kier alpha value is -0.820. The van der Waals surface area contributed by atoms with Crippen LogP contribution >= 0.6 is 0 Å². The number of nitrogens with zero attached hydrogens (tertiary/aromatic N) is 1. The van der Waals surface area contributed by atoms with Crippen LogP contribution in [0.5, 0.6) is 0 Å². The minimum absolute atomic E-state index is 0.314. The highest BCUT2D eigenvalue weighted by Gasteiger charge is 2.40. The van der Waals surface area contributed by atoms with Crippen molar-refractivity contribution in [3.05, 3.63) is 0 Å². The zero-order valence-electron chi connectivity index (χ0n) is 9.81. The van der Waals surface area contributed by atoms with E-state index in [0.29, 0.717) is 25.8 Å². The van der Waals surface area contributed by atoms with Gasteiger partial charge in [-0.05, 0) is 32.9 Å². The van der Waals surface area contributed by atoms with Crippen LogP contribution in [0.4, 0.5) is 13.2 Å². The number of nitrogens with two attached hydrogens (primary N) is 1. The van der Waals surface area contributed by atoms with E-state index in [4.69, 9.17) is 5.73 Å². The number of amides is 1. The average Bonchev–Trinajstić information content (AvgIpc) is 2.37. The molecule has 1 fully saturated rings. The lowest BCUT2D eigenvalue weighted by Crippen LogP contribution is -2.57. The first kappa shape index (κ1) is 14.2. The third-order valence-electron chi connectivity index (χ3n) is 3.16. The fraction of sp³-hybridized carbons (Fsp3) is 0.900. The van der Waals surface area contributed by atoms with E-state index in [-0.39, 0.29) is 0 Å². The Balaban J connectivity index is 2.71. The molecule has 1 aliphatic rings. The SMILES string of the molecule is CN1CCCC(NCC(F)(F)F)(C(N)=O)CC1. The van der Waals surface area contributed by atoms with Crippen LogP contribution in [0.3, 0.4) is 0 Å². The summed E-state index contributed by atoms with van der Waals surface area (Å²) in [7, 11) is 1.88. The Morgan fingerprint density at radius 3 is 2.59 bits per heavy atom. The van der Waals surface area contributed by atoms with Crippen molar-refractivity contribution in [2.75, 3.05) is 26.7 Å². The number of rotatable bonds is 3. The normalized spacial score (nSPS) is 27.8. The van der Waals surface area contributed by atoms with E-state index >= 15 is 0 Å². The van der Waals surface area contributed by atoms with E-state index in [9.17, 15) is 18.0 Å². The second-order valence-corrected chi connectivity index (χ2v) is 4.57. The van der Waals surface area contributed by atoms with Crippen molar-refractivity contribution in [1.29, 1.82) is 0 Å². The second kappa shape index (κ2) is 5.22. The second-order valence-electron chi connectivity index (χ2n) is 4.57. The van der Waals surface area contributed by atoms with E-state index < -0.39 is 24.2 Å². The number of likely N-dealkylation sites (tertiary alicyclic amines) is 1. The molecule has 0 saturated carbocycles. The molecule has 0 radical (unpaired) electrons. The Morgan fingerprint density at radius 2 is 2.06 bits per heavy atom. The number of carbonyl (C=O) groups is 1. The van der Waals surface area contributed by atoms with Crippen LogP contribution in [0.1, 0.15) is 19.3 Å². The predicted octanol–water partition coefficient (Wildman–Crippen LogP) is 0.478. The van der Waals surface area contributed by atoms with Gasteiger partial charge >= 0.3 is 6.18 Å². The fourth-order valence-electron chi connectivity index (χ4n) is 2.05. The number of alkyl halides is 3. The zero-order valence-corrected chi connectivity index (χ0v) is 9.81. The monoisotopic (exact) mass is 253 g/mol. The molecule has 0 aromatic heterocycles. The highest BCUT2D eigenvalue weighted by molar-refractivity contribution is 5.84. The van der Waals surface area contributed by atoms with Gasteiger partial charge in [-0.1, -0.05) is 0 Å². The molecule has 0 spiro atoms. The number of hydrogen-bond donors (Lipinski definition) is 2. The Kier molecular flexibility index (Phi) is 4.37. The Morgan fingerprint density at radius 1 is 1.41 bits per heavy atom. The van der Waals surface area contributed by atoms with Gasteiger partial charge in [-0.3, -0.25) is 10.1 Å². The minimum atomic E-state index is -4.33. The molecular formula is C10H18F3N3O. The molecule has 100 valence electrons. The number of primary amides is 1. The summed E-state index contributed by atoms with van der Waals surface area (Å²) in [5.41, 5.74) is 4.04. The van der Waals surface area contributed by atoms with Gasteiger partial charge in [-0.2, -0.15) is 13.2 Å². The van der Waals surface area contributed by atoms with Gasteiger partial charge in [-0.15, -0.1) is 0 Å². The summed E-state index contributed by atoms with van der Waals surface area (Å²) < 4.78 is 36.6. The van der Waals surface area contributed by atoms with Crippen molar-refractivity contribution < 1.29 is 18.0 Å². The molecule has 1 unspecified atom stereocenters. The van der Waals surface area contributed by atoms with Crippen molar-refractivity contribution >= 4 is 5.91 Å². The van der Waals surface area contributed by atoms with Gasteiger partial charge < -0.3 is 10.6 Å². The van der Waals surface area contributed by atoms with Crippen molar-refractivity contribution in [3.8, 4) is 0 Å². The van der Waals surface area contributed by atoms with Crippen LogP contribution in [-0.4, -0.2) is 49.2 Å². The van der Waals surface area contributed by atoms with Crippen molar-refractivity contribution in [3.63, 3.8) is 0 Å². The van der Waals surface area contributed by atoms with Gasteiger partial charge in [0.05, 0.1) is 12.1 Å². The first-order valence-corrected chi connectivity index (χ1v) is 5.55. The smallest absolute Gasteiger partial charge is 0.368 e. The summed E-state index contributed by atoms with van der Waals surface area (Å²) >= 11 is 0. The quantitative estimate of drug-likeness (QED) is 0.769. The number of carbonyl (C=O) groups excluding carboxylic acids is 1. The summed E-state index contributed by atoms with van der Waals surface area (Å²) in [6.45, 7) is 0.149. The van der Waals surface area contributed by atoms with Gasteiger partial charge in [0.15, 0.2) is 0 Å². The Bertz CT molecular complexity index is 282. The van der Waals surface area contributed by atoms with Gasteiger partial charge in [0.2, 0.25) is 5.91 Å². The van der Waals surface area contributed by atoms with E-state index in [0.717, 1.165) is 6.54 Å². The summed E-state index contributed by atoms with van der Waals surface area (Å²) in [6.07, 6.45) is -3.01. The lowest BCUT2D eigenvalue weighted by molar-refractivity contribution is -0.136. The summed E-state index contributed by atoms with van der Waals surface area (Å²) in [6, 6.07) is 0. The van der Waals surface area contributed by atoms with E-state index in [2.05, 4.69) is 5.32 Å². The van der Waals surface area contributed by atoms with Gasteiger partial charge in [-0.25, -0.2) is 0 Å². The van der Waals surface area contributed by atoms with Gasteiger partial charge in [0.25, 0.3) is 0 Å². The number of hydrogen-bond acceptors (Lipinski definition) is 3.